The molecular weight excluding hydrogens is 240 g/mol. The lowest BCUT2D eigenvalue weighted by atomic mass is 9.90. The molecule has 1 aliphatic carbocycles. The van der Waals surface area contributed by atoms with Gasteiger partial charge in [0.1, 0.15) is 0 Å². The summed E-state index contributed by atoms with van der Waals surface area (Å²) < 4.78 is 0. The Morgan fingerprint density at radius 1 is 1.44 bits per heavy atom. The fourth-order valence-electron chi connectivity index (χ4n) is 2.76. The van der Waals surface area contributed by atoms with Crippen LogP contribution in [0.3, 0.4) is 0 Å². The van der Waals surface area contributed by atoms with Gasteiger partial charge in [-0.3, -0.25) is 4.98 Å². The molecule has 0 saturated heterocycles. The number of nitrogens with two attached hydrogens (primary N) is 1. The first-order valence-electron chi connectivity index (χ1n) is 6.97. The molecule has 0 aromatic carbocycles. The molecule has 1 saturated carbocycles. The second kappa shape index (κ2) is 6.58. The maximum absolute atomic E-state index is 6.17. The molecule has 18 heavy (non-hydrogen) atoms. The lowest BCUT2D eigenvalue weighted by molar-refractivity contribution is 0.393. The molecule has 1 aliphatic rings. The van der Waals surface area contributed by atoms with E-state index in [9.17, 15) is 0 Å². The number of thioether (sulfide) groups is 1. The minimum atomic E-state index is 0.177. The molecule has 1 heterocycles. The summed E-state index contributed by atoms with van der Waals surface area (Å²) in [5.74, 6) is 0.874. The lowest BCUT2D eigenvalue weighted by Gasteiger charge is -2.31. The molecule has 0 aliphatic heterocycles. The Bertz CT molecular complexity index is 353. The van der Waals surface area contributed by atoms with Crippen LogP contribution in [-0.4, -0.2) is 16.3 Å². The number of aromatic nitrogens is 1. The van der Waals surface area contributed by atoms with Crippen LogP contribution < -0.4 is 5.73 Å². The zero-order valence-corrected chi connectivity index (χ0v) is 12.2. The molecule has 1 fully saturated rings. The minimum absolute atomic E-state index is 0.177. The van der Waals surface area contributed by atoms with Gasteiger partial charge in [0, 0.05) is 28.9 Å². The lowest BCUT2D eigenvalue weighted by Crippen LogP contribution is -2.26. The predicted molar refractivity (Wildman–Crippen MR) is 79.6 cm³/mol. The average Bonchev–Trinajstić information content (AvgIpc) is 2.37. The van der Waals surface area contributed by atoms with Gasteiger partial charge in [-0.2, -0.15) is 0 Å². The summed E-state index contributed by atoms with van der Waals surface area (Å²) >= 11 is 2.07. The SMILES string of the molecule is CC1CCCC(SC(c2cccnc2)C(C)N)C1. The predicted octanol–water partition coefficient (Wildman–Crippen LogP) is 3.78. The van der Waals surface area contributed by atoms with Gasteiger partial charge in [-0.05, 0) is 37.3 Å². The molecule has 4 atom stereocenters. The van der Waals surface area contributed by atoms with Crippen molar-refractivity contribution in [1.29, 1.82) is 0 Å². The highest BCUT2D eigenvalue weighted by Crippen LogP contribution is 2.41. The Morgan fingerprint density at radius 3 is 2.89 bits per heavy atom. The number of pyridine rings is 1. The van der Waals surface area contributed by atoms with E-state index in [1.165, 1.54) is 31.2 Å². The Balaban J connectivity index is 2.03. The van der Waals surface area contributed by atoms with Gasteiger partial charge in [-0.15, -0.1) is 11.8 Å². The largest absolute Gasteiger partial charge is 0.327 e. The van der Waals surface area contributed by atoms with Crippen molar-refractivity contribution in [3.05, 3.63) is 30.1 Å². The van der Waals surface area contributed by atoms with Gasteiger partial charge >= 0.3 is 0 Å². The highest BCUT2D eigenvalue weighted by Gasteiger charge is 2.25. The van der Waals surface area contributed by atoms with E-state index in [1.54, 1.807) is 0 Å². The van der Waals surface area contributed by atoms with E-state index in [0.717, 1.165) is 11.2 Å². The van der Waals surface area contributed by atoms with Crippen molar-refractivity contribution in [3.63, 3.8) is 0 Å². The summed E-state index contributed by atoms with van der Waals surface area (Å²) in [5, 5.41) is 1.15. The van der Waals surface area contributed by atoms with E-state index < -0.39 is 0 Å². The molecule has 100 valence electrons. The van der Waals surface area contributed by atoms with Crippen molar-refractivity contribution in [1.82, 2.24) is 4.98 Å². The van der Waals surface area contributed by atoms with Crippen molar-refractivity contribution in [2.24, 2.45) is 11.7 Å². The van der Waals surface area contributed by atoms with E-state index >= 15 is 0 Å². The molecule has 0 spiro atoms. The van der Waals surface area contributed by atoms with Crippen LogP contribution in [0, 0.1) is 5.92 Å². The molecule has 0 amide bonds. The standard InChI is InChI=1S/C15H24N2S/c1-11-5-3-7-14(9-11)18-15(12(2)16)13-6-4-8-17-10-13/h4,6,8,10-12,14-15H,3,5,7,9,16H2,1-2H3. The summed E-state index contributed by atoms with van der Waals surface area (Å²) in [4.78, 5) is 4.23. The molecule has 2 nitrogen and oxygen atoms in total. The summed E-state index contributed by atoms with van der Waals surface area (Å²) in [7, 11) is 0. The second-order valence-corrected chi connectivity index (χ2v) is 7.04. The molecule has 4 unspecified atom stereocenters. The third-order valence-corrected chi connectivity index (χ3v) is 5.53. The summed E-state index contributed by atoms with van der Waals surface area (Å²) in [6.07, 6.45) is 9.25. The molecule has 2 rings (SSSR count). The van der Waals surface area contributed by atoms with E-state index in [4.69, 9.17) is 5.73 Å². The number of rotatable bonds is 4. The monoisotopic (exact) mass is 264 g/mol. The topological polar surface area (TPSA) is 38.9 Å². The quantitative estimate of drug-likeness (QED) is 0.899. The van der Waals surface area contributed by atoms with Crippen molar-refractivity contribution in [3.8, 4) is 0 Å². The van der Waals surface area contributed by atoms with E-state index in [1.807, 2.05) is 18.5 Å². The fraction of sp³-hybridized carbons (Fsp3) is 0.667. The van der Waals surface area contributed by atoms with Crippen molar-refractivity contribution in [2.45, 2.75) is 56.1 Å². The van der Waals surface area contributed by atoms with E-state index in [2.05, 4.69) is 36.7 Å². The second-order valence-electron chi connectivity index (χ2n) is 5.60. The number of hydrogen-bond donors (Lipinski definition) is 1. The average molecular weight is 264 g/mol. The highest BCUT2D eigenvalue weighted by molar-refractivity contribution is 8.00. The summed E-state index contributed by atoms with van der Waals surface area (Å²) in [5.41, 5.74) is 7.45. The third-order valence-electron chi connectivity index (χ3n) is 3.72. The van der Waals surface area contributed by atoms with Gasteiger partial charge in [-0.1, -0.05) is 25.8 Å². The summed E-state index contributed by atoms with van der Waals surface area (Å²) in [6, 6.07) is 4.34. The van der Waals surface area contributed by atoms with Gasteiger partial charge in [0.05, 0.1) is 0 Å². The number of hydrogen-bond acceptors (Lipinski definition) is 3. The van der Waals surface area contributed by atoms with Crippen molar-refractivity contribution >= 4 is 11.8 Å². The molecule has 3 heteroatoms. The molecule has 0 radical (unpaired) electrons. The molecule has 1 aromatic heterocycles. The van der Waals surface area contributed by atoms with Crippen LogP contribution in [0.25, 0.3) is 0 Å². The van der Waals surface area contributed by atoms with Crippen molar-refractivity contribution in [2.75, 3.05) is 0 Å². The third kappa shape index (κ3) is 3.72. The molecule has 0 bridgehead atoms. The Hall–Kier alpha value is -0.540. The van der Waals surface area contributed by atoms with Crippen LogP contribution in [0.15, 0.2) is 24.5 Å². The Labute approximate surface area is 115 Å². The van der Waals surface area contributed by atoms with Crippen LogP contribution in [0.5, 0.6) is 0 Å². The smallest absolute Gasteiger partial charge is 0.0463 e. The van der Waals surface area contributed by atoms with Gasteiger partial charge in [0.2, 0.25) is 0 Å². The van der Waals surface area contributed by atoms with Crippen molar-refractivity contribution < 1.29 is 0 Å². The minimum Gasteiger partial charge on any atom is -0.327 e. The maximum Gasteiger partial charge on any atom is 0.0463 e. The van der Waals surface area contributed by atoms with Gasteiger partial charge < -0.3 is 5.73 Å². The van der Waals surface area contributed by atoms with Gasteiger partial charge in [0.15, 0.2) is 0 Å². The maximum atomic E-state index is 6.17. The molecular formula is C15H24N2S. The Morgan fingerprint density at radius 2 is 2.28 bits per heavy atom. The zero-order chi connectivity index (χ0) is 13.0. The van der Waals surface area contributed by atoms with Crippen LogP contribution in [0.4, 0.5) is 0 Å². The first-order valence-corrected chi connectivity index (χ1v) is 7.92. The van der Waals surface area contributed by atoms with E-state index in [-0.39, 0.29) is 6.04 Å². The first kappa shape index (κ1) is 13.9. The first-order chi connectivity index (χ1) is 8.66. The summed E-state index contributed by atoms with van der Waals surface area (Å²) in [6.45, 7) is 4.48. The molecule has 2 N–H and O–H groups in total. The highest BCUT2D eigenvalue weighted by atomic mass is 32.2. The fourth-order valence-corrected chi connectivity index (χ4v) is 4.46. The zero-order valence-electron chi connectivity index (χ0n) is 11.4. The van der Waals surface area contributed by atoms with Gasteiger partial charge in [0.25, 0.3) is 0 Å². The Kier molecular flexibility index (Phi) is 5.07. The van der Waals surface area contributed by atoms with Crippen LogP contribution >= 0.6 is 11.8 Å². The van der Waals surface area contributed by atoms with E-state index in [0.29, 0.717) is 5.25 Å². The van der Waals surface area contributed by atoms with Crippen LogP contribution in [0.1, 0.15) is 50.3 Å². The van der Waals surface area contributed by atoms with Crippen LogP contribution in [0.2, 0.25) is 0 Å². The number of nitrogens with zero attached hydrogens (tertiary/aromatic N) is 1. The normalized spacial score (nSPS) is 27.7. The van der Waals surface area contributed by atoms with Crippen LogP contribution in [-0.2, 0) is 0 Å². The van der Waals surface area contributed by atoms with Gasteiger partial charge in [-0.25, -0.2) is 0 Å². The molecule has 1 aromatic rings.